The molecule has 2 N–H and O–H groups in total. The van der Waals surface area contributed by atoms with Crippen LogP contribution in [0.2, 0.25) is 0 Å². The first-order chi connectivity index (χ1) is 8.68. The summed E-state index contributed by atoms with van der Waals surface area (Å²) in [6, 6.07) is 0.105. The minimum Gasteiger partial charge on any atom is -0.317 e. The molecule has 1 atom stereocenters. The summed E-state index contributed by atoms with van der Waals surface area (Å²) >= 11 is 0. The van der Waals surface area contributed by atoms with Crippen molar-refractivity contribution >= 4 is 10.2 Å². The molecule has 2 rings (SSSR count). The summed E-state index contributed by atoms with van der Waals surface area (Å²) in [6.07, 6.45) is 7.18. The minimum absolute atomic E-state index is 0.105. The van der Waals surface area contributed by atoms with Gasteiger partial charge in [-0.15, -0.1) is 0 Å². The van der Waals surface area contributed by atoms with Crippen molar-refractivity contribution < 1.29 is 8.42 Å². The van der Waals surface area contributed by atoms with Crippen LogP contribution < -0.4 is 10.0 Å². The lowest BCUT2D eigenvalue weighted by Gasteiger charge is -2.24. The zero-order valence-corrected chi connectivity index (χ0v) is 11.8. The lowest BCUT2D eigenvalue weighted by atomic mass is 10.1. The van der Waals surface area contributed by atoms with Crippen molar-refractivity contribution in [1.82, 2.24) is 14.3 Å². The number of hydrogen-bond acceptors (Lipinski definition) is 3. The Kier molecular flexibility index (Phi) is 5.41. The summed E-state index contributed by atoms with van der Waals surface area (Å²) in [5.74, 6) is 0. The Morgan fingerprint density at radius 3 is 2.39 bits per heavy atom. The Labute approximate surface area is 110 Å². The van der Waals surface area contributed by atoms with Gasteiger partial charge >= 0.3 is 0 Å². The van der Waals surface area contributed by atoms with Gasteiger partial charge in [-0.05, 0) is 45.2 Å². The SMILES string of the molecule is O=S(=O)(NC1CCCNCC1)N1CCCCCC1. The molecule has 5 nitrogen and oxygen atoms in total. The van der Waals surface area contributed by atoms with E-state index in [9.17, 15) is 8.42 Å². The molecule has 0 amide bonds. The van der Waals surface area contributed by atoms with Gasteiger partial charge in [-0.1, -0.05) is 12.8 Å². The molecular formula is C12H25N3O2S. The van der Waals surface area contributed by atoms with Gasteiger partial charge in [-0.3, -0.25) is 0 Å². The Morgan fingerprint density at radius 1 is 0.944 bits per heavy atom. The van der Waals surface area contributed by atoms with Gasteiger partial charge in [0.15, 0.2) is 0 Å². The topological polar surface area (TPSA) is 61.4 Å². The minimum atomic E-state index is -3.27. The highest BCUT2D eigenvalue weighted by atomic mass is 32.2. The summed E-state index contributed by atoms with van der Waals surface area (Å²) in [5.41, 5.74) is 0. The van der Waals surface area contributed by atoms with Crippen LogP contribution in [-0.4, -0.2) is 44.9 Å². The molecule has 2 heterocycles. The summed E-state index contributed by atoms with van der Waals surface area (Å²) in [5, 5.41) is 3.30. The van der Waals surface area contributed by atoms with Crippen LogP contribution in [0.1, 0.15) is 44.9 Å². The maximum Gasteiger partial charge on any atom is 0.279 e. The van der Waals surface area contributed by atoms with E-state index >= 15 is 0 Å². The van der Waals surface area contributed by atoms with E-state index < -0.39 is 10.2 Å². The van der Waals surface area contributed by atoms with Crippen LogP contribution in [0.3, 0.4) is 0 Å². The van der Waals surface area contributed by atoms with Crippen molar-refractivity contribution in [2.24, 2.45) is 0 Å². The van der Waals surface area contributed by atoms with Gasteiger partial charge < -0.3 is 5.32 Å². The van der Waals surface area contributed by atoms with E-state index in [2.05, 4.69) is 10.0 Å². The van der Waals surface area contributed by atoms with E-state index in [1.165, 1.54) is 0 Å². The molecule has 0 saturated carbocycles. The van der Waals surface area contributed by atoms with Crippen LogP contribution in [0.4, 0.5) is 0 Å². The first kappa shape index (κ1) is 14.2. The monoisotopic (exact) mass is 275 g/mol. The molecule has 0 aromatic carbocycles. The zero-order valence-electron chi connectivity index (χ0n) is 11.0. The first-order valence-electron chi connectivity index (χ1n) is 7.16. The maximum absolute atomic E-state index is 12.3. The third kappa shape index (κ3) is 4.19. The molecule has 0 radical (unpaired) electrons. The normalized spacial score (nSPS) is 28.6. The quantitative estimate of drug-likeness (QED) is 0.802. The average Bonchev–Trinajstić information content (AvgIpc) is 2.72. The van der Waals surface area contributed by atoms with E-state index in [1.54, 1.807) is 4.31 Å². The molecule has 2 aliphatic rings. The molecule has 6 heteroatoms. The highest BCUT2D eigenvalue weighted by Crippen LogP contribution is 2.14. The smallest absolute Gasteiger partial charge is 0.279 e. The van der Waals surface area contributed by atoms with Crippen molar-refractivity contribution in [3.05, 3.63) is 0 Å². The van der Waals surface area contributed by atoms with Crippen LogP contribution in [0.5, 0.6) is 0 Å². The fourth-order valence-electron chi connectivity index (χ4n) is 2.70. The summed E-state index contributed by atoms with van der Waals surface area (Å²) < 4.78 is 29.2. The third-order valence-corrected chi connectivity index (χ3v) is 5.47. The van der Waals surface area contributed by atoms with Gasteiger partial charge in [-0.25, -0.2) is 0 Å². The van der Waals surface area contributed by atoms with Crippen LogP contribution in [0, 0.1) is 0 Å². The maximum atomic E-state index is 12.3. The molecule has 0 aromatic rings. The second-order valence-corrected chi connectivity index (χ2v) is 7.02. The fraction of sp³-hybridized carbons (Fsp3) is 1.00. The predicted octanol–water partition coefficient (Wildman–Crippen LogP) is 0.839. The predicted molar refractivity (Wildman–Crippen MR) is 72.6 cm³/mol. The molecule has 0 aliphatic carbocycles. The lowest BCUT2D eigenvalue weighted by molar-refractivity contribution is 0.402. The molecule has 0 aromatic heterocycles. The molecule has 0 spiro atoms. The van der Waals surface area contributed by atoms with Gasteiger partial charge in [0.05, 0.1) is 0 Å². The third-order valence-electron chi connectivity index (χ3n) is 3.80. The van der Waals surface area contributed by atoms with Crippen LogP contribution in [0.15, 0.2) is 0 Å². The second-order valence-electron chi connectivity index (χ2n) is 5.31. The second kappa shape index (κ2) is 6.84. The van der Waals surface area contributed by atoms with E-state index in [0.29, 0.717) is 13.1 Å². The highest BCUT2D eigenvalue weighted by molar-refractivity contribution is 7.87. The summed E-state index contributed by atoms with van der Waals surface area (Å²) in [4.78, 5) is 0. The molecule has 2 saturated heterocycles. The lowest BCUT2D eigenvalue weighted by Crippen LogP contribution is -2.46. The fourth-order valence-corrected chi connectivity index (χ4v) is 4.25. The molecule has 2 aliphatic heterocycles. The van der Waals surface area contributed by atoms with Crippen LogP contribution in [-0.2, 0) is 10.2 Å². The van der Waals surface area contributed by atoms with E-state index in [1.807, 2.05) is 0 Å². The van der Waals surface area contributed by atoms with Crippen molar-refractivity contribution in [3.63, 3.8) is 0 Å². The van der Waals surface area contributed by atoms with E-state index in [0.717, 1.165) is 58.0 Å². The van der Waals surface area contributed by atoms with Gasteiger partial charge in [0, 0.05) is 19.1 Å². The van der Waals surface area contributed by atoms with E-state index in [-0.39, 0.29) is 6.04 Å². The van der Waals surface area contributed by atoms with Crippen molar-refractivity contribution in [2.75, 3.05) is 26.2 Å². The van der Waals surface area contributed by atoms with Gasteiger partial charge in [0.1, 0.15) is 0 Å². The number of hydrogen-bond donors (Lipinski definition) is 2. The van der Waals surface area contributed by atoms with Crippen molar-refractivity contribution in [2.45, 2.75) is 51.0 Å². The summed E-state index contributed by atoms with van der Waals surface area (Å²) in [7, 11) is -3.27. The zero-order chi connectivity index (χ0) is 12.8. The van der Waals surface area contributed by atoms with E-state index in [4.69, 9.17) is 0 Å². The standard InChI is InChI=1S/C12H25N3O2S/c16-18(17,15-10-3-1-2-4-11-15)14-12-6-5-8-13-9-7-12/h12-14H,1-11H2. The number of nitrogens with one attached hydrogen (secondary N) is 2. The Bertz CT molecular complexity index is 329. The van der Waals surface area contributed by atoms with Crippen LogP contribution in [0.25, 0.3) is 0 Å². The Hall–Kier alpha value is -0.170. The van der Waals surface area contributed by atoms with Crippen molar-refractivity contribution in [1.29, 1.82) is 0 Å². The molecule has 1 unspecified atom stereocenters. The first-order valence-corrected chi connectivity index (χ1v) is 8.60. The molecule has 0 bridgehead atoms. The molecule has 106 valence electrons. The highest BCUT2D eigenvalue weighted by Gasteiger charge is 2.26. The van der Waals surface area contributed by atoms with Gasteiger partial charge in [0.25, 0.3) is 10.2 Å². The number of rotatable bonds is 3. The number of nitrogens with zero attached hydrogens (tertiary/aromatic N) is 1. The van der Waals surface area contributed by atoms with Crippen LogP contribution >= 0.6 is 0 Å². The average molecular weight is 275 g/mol. The summed E-state index contributed by atoms with van der Waals surface area (Å²) in [6.45, 7) is 3.27. The Balaban J connectivity index is 1.92. The molecule has 18 heavy (non-hydrogen) atoms. The molecular weight excluding hydrogens is 250 g/mol. The van der Waals surface area contributed by atoms with Crippen molar-refractivity contribution in [3.8, 4) is 0 Å². The Morgan fingerprint density at radius 2 is 1.67 bits per heavy atom. The largest absolute Gasteiger partial charge is 0.317 e. The van der Waals surface area contributed by atoms with Gasteiger partial charge in [0.2, 0.25) is 0 Å². The van der Waals surface area contributed by atoms with Gasteiger partial charge in [-0.2, -0.15) is 17.4 Å². The molecule has 2 fully saturated rings.